The number of piperazine rings is 1. The van der Waals surface area contributed by atoms with E-state index < -0.39 is 4.92 Å². The highest BCUT2D eigenvalue weighted by Crippen LogP contribution is 2.23. The summed E-state index contributed by atoms with van der Waals surface area (Å²) < 4.78 is 1.44. The van der Waals surface area contributed by atoms with Gasteiger partial charge in [-0.3, -0.25) is 24.1 Å². The Morgan fingerprint density at radius 1 is 0.889 bits per heavy atom. The van der Waals surface area contributed by atoms with Gasteiger partial charge >= 0.3 is 0 Å². The van der Waals surface area contributed by atoms with E-state index in [1.807, 2.05) is 36.4 Å². The van der Waals surface area contributed by atoms with Crippen molar-refractivity contribution >= 4 is 44.6 Å². The van der Waals surface area contributed by atoms with Crippen molar-refractivity contribution in [3.8, 4) is 0 Å². The van der Waals surface area contributed by atoms with E-state index in [4.69, 9.17) is 4.98 Å². The number of rotatable bonds is 3. The molecule has 3 heterocycles. The van der Waals surface area contributed by atoms with Crippen molar-refractivity contribution in [2.45, 2.75) is 0 Å². The maximum atomic E-state index is 13.5. The molecule has 5 aromatic rings. The lowest BCUT2D eigenvalue weighted by molar-refractivity contribution is -0.384. The Kier molecular flexibility index (Phi) is 5.10. The molecule has 1 aliphatic rings. The smallest absolute Gasteiger partial charge is 0.269 e. The first kappa shape index (κ1) is 21.7. The van der Waals surface area contributed by atoms with Crippen molar-refractivity contribution in [2.24, 2.45) is 0 Å². The number of anilines is 1. The zero-order chi connectivity index (χ0) is 24.8. The average Bonchev–Trinajstić information content (AvgIpc) is 2.92. The van der Waals surface area contributed by atoms with Crippen LogP contribution in [0.25, 0.3) is 27.3 Å². The number of hydrogen-bond acceptors (Lipinski definition) is 6. The lowest BCUT2D eigenvalue weighted by atomic mass is 10.1. The van der Waals surface area contributed by atoms with Gasteiger partial charge in [0.2, 0.25) is 0 Å². The number of amides is 1. The molecule has 1 saturated heterocycles. The van der Waals surface area contributed by atoms with Crippen molar-refractivity contribution in [3.05, 3.63) is 105 Å². The molecule has 0 N–H and O–H groups in total. The van der Waals surface area contributed by atoms with Gasteiger partial charge in [-0.2, -0.15) is 0 Å². The third kappa shape index (κ3) is 3.61. The number of hydrogen-bond donors (Lipinski definition) is 0. The summed E-state index contributed by atoms with van der Waals surface area (Å²) in [4.78, 5) is 45.9. The van der Waals surface area contributed by atoms with Crippen LogP contribution in [0.2, 0.25) is 0 Å². The van der Waals surface area contributed by atoms with Crippen LogP contribution < -0.4 is 10.5 Å². The first-order valence-electron chi connectivity index (χ1n) is 11.6. The summed E-state index contributed by atoms with van der Waals surface area (Å²) in [6, 6.07) is 21.4. The van der Waals surface area contributed by atoms with Gasteiger partial charge in [0, 0.05) is 50.2 Å². The Balaban J connectivity index is 1.30. The second-order valence-corrected chi connectivity index (χ2v) is 8.80. The molecule has 0 radical (unpaired) electrons. The van der Waals surface area contributed by atoms with Gasteiger partial charge in [0.25, 0.3) is 17.2 Å². The number of carbonyl (C=O) groups is 1. The number of nitro benzene ring substituents is 1. The Labute approximate surface area is 205 Å². The van der Waals surface area contributed by atoms with Crippen LogP contribution in [-0.4, -0.2) is 51.3 Å². The largest absolute Gasteiger partial charge is 0.368 e. The summed E-state index contributed by atoms with van der Waals surface area (Å²) >= 11 is 0. The van der Waals surface area contributed by atoms with Gasteiger partial charge < -0.3 is 9.80 Å². The van der Waals surface area contributed by atoms with Crippen molar-refractivity contribution in [1.29, 1.82) is 0 Å². The van der Waals surface area contributed by atoms with Gasteiger partial charge in [0.1, 0.15) is 0 Å². The predicted molar refractivity (Wildman–Crippen MR) is 138 cm³/mol. The minimum Gasteiger partial charge on any atom is -0.368 e. The second kappa shape index (κ2) is 8.46. The van der Waals surface area contributed by atoms with E-state index in [1.165, 1.54) is 16.5 Å². The Morgan fingerprint density at radius 3 is 2.28 bits per heavy atom. The summed E-state index contributed by atoms with van der Waals surface area (Å²) in [5.74, 6) is -0.177. The molecule has 9 nitrogen and oxygen atoms in total. The fourth-order valence-electron chi connectivity index (χ4n) is 4.80. The van der Waals surface area contributed by atoms with Crippen LogP contribution in [0.1, 0.15) is 10.4 Å². The molecule has 0 atom stereocenters. The Morgan fingerprint density at radius 2 is 1.58 bits per heavy atom. The summed E-state index contributed by atoms with van der Waals surface area (Å²) in [7, 11) is 0. The summed E-state index contributed by atoms with van der Waals surface area (Å²) in [5.41, 5.74) is 2.00. The minimum absolute atomic E-state index is 0.0479. The number of pyridine rings is 1. The maximum absolute atomic E-state index is 13.5. The van der Waals surface area contributed by atoms with Crippen molar-refractivity contribution in [3.63, 3.8) is 0 Å². The number of non-ortho nitro benzene ring substituents is 1. The highest BCUT2D eigenvalue weighted by Gasteiger charge is 2.25. The molecule has 36 heavy (non-hydrogen) atoms. The van der Waals surface area contributed by atoms with Gasteiger partial charge in [-0.1, -0.05) is 24.3 Å². The Bertz CT molecular complexity index is 1720. The molecule has 2 aromatic heterocycles. The molecular weight excluding hydrogens is 458 g/mol. The predicted octanol–water partition coefficient (Wildman–Crippen LogP) is 3.87. The average molecular weight is 479 g/mol. The molecule has 1 amide bonds. The van der Waals surface area contributed by atoms with E-state index in [1.54, 1.807) is 35.4 Å². The molecule has 6 rings (SSSR count). The third-order valence-electron chi connectivity index (χ3n) is 6.73. The molecule has 0 aliphatic carbocycles. The van der Waals surface area contributed by atoms with Crippen molar-refractivity contribution in [1.82, 2.24) is 14.3 Å². The van der Waals surface area contributed by atoms with Crippen LogP contribution in [0.15, 0.2) is 83.8 Å². The number of fused-ring (bicyclic) bond motifs is 3. The molecule has 178 valence electrons. The molecule has 1 aliphatic heterocycles. The van der Waals surface area contributed by atoms with Crippen LogP contribution in [0.5, 0.6) is 0 Å². The standard InChI is InChI=1S/C27H21N5O4/c33-26(30-14-12-29(13-15-30)20-7-9-21(10-8-20)32(35)36)22-6-3-11-31-25(22)28-24-17-19-5-2-1-4-18(19)16-23(24)27(31)34/h1-11,16-17H,12-15H2. The molecule has 1 fully saturated rings. The van der Waals surface area contributed by atoms with E-state index in [0.717, 1.165) is 16.5 Å². The lowest BCUT2D eigenvalue weighted by Gasteiger charge is -2.36. The quantitative estimate of drug-likeness (QED) is 0.221. The molecule has 0 bridgehead atoms. The normalized spacial score (nSPS) is 14.0. The van der Waals surface area contributed by atoms with E-state index in [-0.39, 0.29) is 17.2 Å². The van der Waals surface area contributed by atoms with Gasteiger partial charge in [0.15, 0.2) is 5.65 Å². The molecule has 0 saturated carbocycles. The van der Waals surface area contributed by atoms with Gasteiger partial charge in [-0.15, -0.1) is 0 Å². The van der Waals surface area contributed by atoms with Gasteiger partial charge in [-0.25, -0.2) is 4.98 Å². The SMILES string of the molecule is O=C(c1cccn2c(=O)c3cc4ccccc4cc3nc12)N1CCN(c2ccc([N+](=O)[O-])cc2)CC1. The van der Waals surface area contributed by atoms with E-state index >= 15 is 0 Å². The van der Waals surface area contributed by atoms with Crippen LogP contribution in [0.3, 0.4) is 0 Å². The van der Waals surface area contributed by atoms with Crippen molar-refractivity contribution < 1.29 is 9.72 Å². The molecular formula is C27H21N5O4. The van der Waals surface area contributed by atoms with Gasteiger partial charge in [-0.05, 0) is 47.2 Å². The number of benzene rings is 3. The maximum Gasteiger partial charge on any atom is 0.269 e. The summed E-state index contributed by atoms with van der Waals surface area (Å²) in [5, 5.41) is 13.4. The van der Waals surface area contributed by atoms with E-state index in [9.17, 15) is 19.7 Å². The number of nitrogens with zero attached hydrogens (tertiary/aromatic N) is 5. The Hall–Kier alpha value is -4.79. The third-order valence-corrected chi connectivity index (χ3v) is 6.73. The van der Waals surface area contributed by atoms with Gasteiger partial charge in [0.05, 0.1) is 21.4 Å². The van der Waals surface area contributed by atoms with Crippen molar-refractivity contribution in [2.75, 3.05) is 31.1 Å². The number of aromatic nitrogens is 2. The monoisotopic (exact) mass is 479 g/mol. The second-order valence-electron chi connectivity index (χ2n) is 8.80. The van der Waals surface area contributed by atoms with E-state index in [0.29, 0.717) is 48.3 Å². The first-order valence-corrected chi connectivity index (χ1v) is 11.6. The molecule has 0 unspecified atom stereocenters. The summed E-state index contributed by atoms with van der Waals surface area (Å²) in [6.07, 6.45) is 1.64. The number of nitro groups is 1. The van der Waals surface area contributed by atoms with Crippen LogP contribution in [-0.2, 0) is 0 Å². The molecule has 0 spiro atoms. The fourth-order valence-corrected chi connectivity index (χ4v) is 4.80. The zero-order valence-electron chi connectivity index (χ0n) is 19.2. The topological polar surface area (TPSA) is 101 Å². The lowest BCUT2D eigenvalue weighted by Crippen LogP contribution is -2.49. The number of carbonyl (C=O) groups excluding carboxylic acids is 1. The highest BCUT2D eigenvalue weighted by atomic mass is 16.6. The molecule has 9 heteroatoms. The zero-order valence-corrected chi connectivity index (χ0v) is 19.2. The van der Waals surface area contributed by atoms with Crippen LogP contribution in [0, 0.1) is 10.1 Å². The summed E-state index contributed by atoms with van der Waals surface area (Å²) in [6.45, 7) is 2.16. The fraction of sp³-hybridized carbons (Fsp3) is 0.148. The highest BCUT2D eigenvalue weighted by molar-refractivity contribution is 6.02. The van der Waals surface area contributed by atoms with E-state index in [2.05, 4.69) is 4.90 Å². The first-order chi connectivity index (χ1) is 17.5. The van der Waals surface area contributed by atoms with Crippen LogP contribution >= 0.6 is 0 Å². The van der Waals surface area contributed by atoms with Crippen LogP contribution in [0.4, 0.5) is 11.4 Å². The minimum atomic E-state index is -0.421. The molecule has 3 aromatic carbocycles.